The quantitative estimate of drug-likeness (QED) is 0.795. The summed E-state index contributed by atoms with van der Waals surface area (Å²) in [6.07, 6.45) is 2.07. The van der Waals surface area contributed by atoms with E-state index >= 15 is 0 Å². The van der Waals surface area contributed by atoms with E-state index < -0.39 is 0 Å². The number of hydrogen-bond donors (Lipinski definition) is 2. The van der Waals surface area contributed by atoms with Gasteiger partial charge in [-0.25, -0.2) is 0 Å². The van der Waals surface area contributed by atoms with Gasteiger partial charge in [0.25, 0.3) is 5.91 Å². The SMILES string of the molecule is COCCNC(=O)c1ccc(C)nc1C1CCNCC1. The molecule has 0 unspecified atom stereocenters. The van der Waals surface area contributed by atoms with E-state index in [9.17, 15) is 4.79 Å². The van der Waals surface area contributed by atoms with Gasteiger partial charge in [0.05, 0.1) is 17.9 Å². The molecule has 0 atom stereocenters. The minimum Gasteiger partial charge on any atom is -0.383 e. The number of aromatic nitrogens is 1. The van der Waals surface area contributed by atoms with Gasteiger partial charge in [-0.3, -0.25) is 9.78 Å². The number of methoxy groups -OCH3 is 1. The van der Waals surface area contributed by atoms with Crippen molar-refractivity contribution < 1.29 is 9.53 Å². The lowest BCUT2D eigenvalue weighted by Crippen LogP contribution is -2.31. The molecule has 20 heavy (non-hydrogen) atoms. The second-order valence-corrected chi connectivity index (χ2v) is 5.16. The molecule has 0 radical (unpaired) electrons. The lowest BCUT2D eigenvalue weighted by molar-refractivity contribution is 0.0935. The highest BCUT2D eigenvalue weighted by atomic mass is 16.5. The Hall–Kier alpha value is -1.46. The first-order chi connectivity index (χ1) is 9.72. The molecule has 1 aromatic rings. The molecule has 2 N–H and O–H groups in total. The van der Waals surface area contributed by atoms with Crippen LogP contribution in [0.15, 0.2) is 12.1 Å². The van der Waals surface area contributed by atoms with Gasteiger partial charge in [0.2, 0.25) is 0 Å². The normalized spacial score (nSPS) is 16.1. The molecule has 0 aromatic carbocycles. The van der Waals surface area contributed by atoms with E-state index in [1.54, 1.807) is 7.11 Å². The lowest BCUT2D eigenvalue weighted by Gasteiger charge is -2.24. The summed E-state index contributed by atoms with van der Waals surface area (Å²) in [5.74, 6) is 0.322. The highest BCUT2D eigenvalue weighted by molar-refractivity contribution is 5.95. The fourth-order valence-corrected chi connectivity index (χ4v) is 2.54. The van der Waals surface area contributed by atoms with Crippen molar-refractivity contribution in [2.24, 2.45) is 0 Å². The molecule has 0 saturated carbocycles. The van der Waals surface area contributed by atoms with Gasteiger partial charge in [-0.1, -0.05) is 0 Å². The smallest absolute Gasteiger partial charge is 0.253 e. The summed E-state index contributed by atoms with van der Waals surface area (Å²) in [5, 5.41) is 6.22. The zero-order valence-electron chi connectivity index (χ0n) is 12.2. The van der Waals surface area contributed by atoms with Crippen LogP contribution in [0.5, 0.6) is 0 Å². The van der Waals surface area contributed by atoms with Gasteiger partial charge in [0.15, 0.2) is 0 Å². The summed E-state index contributed by atoms with van der Waals surface area (Å²) in [6.45, 7) is 5.00. The summed E-state index contributed by atoms with van der Waals surface area (Å²) in [6, 6.07) is 3.79. The van der Waals surface area contributed by atoms with Crippen LogP contribution in [0.1, 0.15) is 40.5 Å². The van der Waals surface area contributed by atoms with Crippen LogP contribution in [0, 0.1) is 6.92 Å². The molecule has 1 aromatic heterocycles. The highest BCUT2D eigenvalue weighted by Gasteiger charge is 2.22. The van der Waals surface area contributed by atoms with Crippen molar-refractivity contribution in [3.63, 3.8) is 0 Å². The number of piperidine rings is 1. The molecule has 2 heterocycles. The average molecular weight is 277 g/mol. The summed E-state index contributed by atoms with van der Waals surface area (Å²) >= 11 is 0. The summed E-state index contributed by atoms with van der Waals surface area (Å²) in [7, 11) is 1.63. The third-order valence-electron chi connectivity index (χ3n) is 3.63. The van der Waals surface area contributed by atoms with Crippen LogP contribution in [-0.2, 0) is 4.74 Å². The lowest BCUT2D eigenvalue weighted by atomic mass is 9.90. The van der Waals surface area contributed by atoms with E-state index in [2.05, 4.69) is 15.6 Å². The Balaban J connectivity index is 2.16. The molecule has 0 spiro atoms. The van der Waals surface area contributed by atoms with Crippen molar-refractivity contribution in [1.82, 2.24) is 15.6 Å². The fourth-order valence-electron chi connectivity index (χ4n) is 2.54. The molecule has 1 amide bonds. The number of carbonyl (C=O) groups excluding carboxylic acids is 1. The van der Waals surface area contributed by atoms with Gasteiger partial charge < -0.3 is 15.4 Å². The van der Waals surface area contributed by atoms with Crippen LogP contribution in [0.2, 0.25) is 0 Å². The van der Waals surface area contributed by atoms with E-state index in [1.165, 1.54) is 0 Å². The maximum absolute atomic E-state index is 12.3. The third kappa shape index (κ3) is 3.77. The molecular weight excluding hydrogens is 254 g/mol. The van der Waals surface area contributed by atoms with Gasteiger partial charge in [-0.05, 0) is 45.0 Å². The molecule has 1 saturated heterocycles. The molecule has 2 rings (SSSR count). The Morgan fingerprint density at radius 2 is 2.20 bits per heavy atom. The Morgan fingerprint density at radius 1 is 1.45 bits per heavy atom. The van der Waals surface area contributed by atoms with Gasteiger partial charge >= 0.3 is 0 Å². The average Bonchev–Trinajstić information content (AvgIpc) is 2.48. The maximum Gasteiger partial charge on any atom is 0.253 e. The van der Waals surface area contributed by atoms with Crippen LogP contribution in [0.3, 0.4) is 0 Å². The predicted octanol–water partition coefficient (Wildman–Crippen LogP) is 1.23. The molecule has 1 fully saturated rings. The van der Waals surface area contributed by atoms with Crippen molar-refractivity contribution in [3.05, 3.63) is 29.1 Å². The van der Waals surface area contributed by atoms with Crippen molar-refractivity contribution in [2.45, 2.75) is 25.7 Å². The summed E-state index contributed by atoms with van der Waals surface area (Å²) in [5.41, 5.74) is 2.62. The van der Waals surface area contributed by atoms with E-state index in [0.29, 0.717) is 24.6 Å². The number of ether oxygens (including phenoxy) is 1. The van der Waals surface area contributed by atoms with Gasteiger partial charge in [0.1, 0.15) is 0 Å². The molecule has 1 aliphatic rings. The molecule has 0 aliphatic carbocycles. The Kier molecular flexibility index (Phi) is 5.49. The minimum atomic E-state index is -0.0527. The van der Waals surface area contributed by atoms with Crippen LogP contribution in [0.25, 0.3) is 0 Å². The van der Waals surface area contributed by atoms with Crippen molar-refractivity contribution in [1.29, 1.82) is 0 Å². The summed E-state index contributed by atoms with van der Waals surface area (Å²) in [4.78, 5) is 16.9. The fraction of sp³-hybridized carbons (Fsp3) is 0.600. The number of carbonyl (C=O) groups is 1. The Morgan fingerprint density at radius 3 is 2.90 bits per heavy atom. The number of amides is 1. The second kappa shape index (κ2) is 7.36. The molecular formula is C15H23N3O2. The number of rotatable bonds is 5. The Labute approximate surface area is 120 Å². The van der Waals surface area contributed by atoms with Gasteiger partial charge in [-0.15, -0.1) is 0 Å². The van der Waals surface area contributed by atoms with E-state index in [4.69, 9.17) is 4.74 Å². The molecule has 0 bridgehead atoms. The summed E-state index contributed by atoms with van der Waals surface area (Å²) < 4.78 is 4.96. The number of nitrogens with one attached hydrogen (secondary N) is 2. The van der Waals surface area contributed by atoms with Crippen LogP contribution in [0.4, 0.5) is 0 Å². The zero-order chi connectivity index (χ0) is 14.4. The maximum atomic E-state index is 12.3. The largest absolute Gasteiger partial charge is 0.383 e. The zero-order valence-corrected chi connectivity index (χ0v) is 12.2. The minimum absolute atomic E-state index is 0.0527. The third-order valence-corrected chi connectivity index (χ3v) is 3.63. The van der Waals surface area contributed by atoms with E-state index in [1.807, 2.05) is 19.1 Å². The molecule has 1 aliphatic heterocycles. The van der Waals surface area contributed by atoms with Gasteiger partial charge in [-0.2, -0.15) is 0 Å². The standard InChI is InChI=1S/C15H23N3O2/c1-11-3-4-13(15(19)17-9-10-20-2)14(18-11)12-5-7-16-8-6-12/h3-4,12,16H,5-10H2,1-2H3,(H,17,19). The Bertz CT molecular complexity index is 456. The first-order valence-corrected chi connectivity index (χ1v) is 7.17. The molecule has 110 valence electrons. The monoisotopic (exact) mass is 277 g/mol. The predicted molar refractivity (Wildman–Crippen MR) is 78.0 cm³/mol. The van der Waals surface area contributed by atoms with E-state index in [0.717, 1.165) is 37.3 Å². The van der Waals surface area contributed by atoms with Crippen LogP contribution >= 0.6 is 0 Å². The highest BCUT2D eigenvalue weighted by Crippen LogP contribution is 2.26. The number of aryl methyl sites for hydroxylation is 1. The van der Waals surface area contributed by atoms with Crippen LogP contribution < -0.4 is 10.6 Å². The van der Waals surface area contributed by atoms with Crippen molar-refractivity contribution in [3.8, 4) is 0 Å². The van der Waals surface area contributed by atoms with Crippen molar-refractivity contribution >= 4 is 5.91 Å². The number of pyridine rings is 1. The first kappa shape index (κ1) is 14.9. The first-order valence-electron chi connectivity index (χ1n) is 7.17. The number of nitrogens with zero attached hydrogens (tertiary/aromatic N) is 1. The van der Waals surface area contributed by atoms with Gasteiger partial charge in [0, 0.05) is 25.3 Å². The van der Waals surface area contributed by atoms with E-state index in [-0.39, 0.29) is 5.91 Å². The topological polar surface area (TPSA) is 63.2 Å². The molecule has 5 heteroatoms. The second-order valence-electron chi connectivity index (χ2n) is 5.16. The molecule has 5 nitrogen and oxygen atoms in total. The number of hydrogen-bond acceptors (Lipinski definition) is 4. The van der Waals surface area contributed by atoms with Crippen molar-refractivity contribution in [2.75, 3.05) is 33.4 Å². The van der Waals surface area contributed by atoms with Crippen LogP contribution in [-0.4, -0.2) is 44.2 Å².